The Labute approximate surface area is 186 Å². The summed E-state index contributed by atoms with van der Waals surface area (Å²) in [6.07, 6.45) is 0. The predicted octanol–water partition coefficient (Wildman–Crippen LogP) is 10.4. The van der Waals surface area contributed by atoms with Crippen LogP contribution in [-0.2, 0) is 0 Å². The van der Waals surface area contributed by atoms with Gasteiger partial charge in [-0.2, -0.15) is 0 Å². The molecule has 0 nitrogen and oxygen atoms in total. The highest BCUT2D eigenvalue weighted by Gasteiger charge is 2.25. The lowest BCUT2D eigenvalue weighted by atomic mass is 10.3. The van der Waals surface area contributed by atoms with E-state index in [0.29, 0.717) is 9.79 Å². The lowest BCUT2D eigenvalue weighted by molar-refractivity contribution is 1.40. The van der Waals surface area contributed by atoms with Crippen LogP contribution in [0.1, 0.15) is 0 Å². The SMILES string of the molecule is Clc1c(Cl)c(Cl)c(Sc2c(Cl)c(Cl)c(Cl)c(Cl)c2Cl)c(Cl)c1Cl. The number of benzene rings is 2. The van der Waals surface area contributed by atoms with Gasteiger partial charge in [0.05, 0.1) is 60.0 Å². The van der Waals surface area contributed by atoms with Crippen LogP contribution in [0.15, 0.2) is 9.79 Å². The van der Waals surface area contributed by atoms with E-state index in [2.05, 4.69) is 0 Å². The van der Waals surface area contributed by atoms with Crippen molar-refractivity contribution in [3.8, 4) is 0 Å². The molecule has 0 atom stereocenters. The summed E-state index contributed by atoms with van der Waals surface area (Å²) in [5.74, 6) is 0. The minimum absolute atomic E-state index is 0.0389. The Bertz CT molecular complexity index is 691. The lowest BCUT2D eigenvalue weighted by Crippen LogP contribution is -1.88. The average Bonchev–Trinajstić information content (AvgIpc) is 2.54. The van der Waals surface area contributed by atoms with Crippen LogP contribution >= 0.6 is 128 Å². The fraction of sp³-hybridized carbons (Fsp3) is 0. The second kappa shape index (κ2) is 8.15. The normalized spacial score (nSPS) is 11.2. The standard InChI is InChI=1S/C12Cl10S/c13-1-3(15)7(19)11(8(20)4(1)16)23-12-9(21)5(17)2(14)6(18)10(12)22. The zero-order valence-electron chi connectivity index (χ0n) is 10.2. The summed E-state index contributed by atoms with van der Waals surface area (Å²) < 4.78 is 0. The molecule has 2 aromatic rings. The van der Waals surface area contributed by atoms with Gasteiger partial charge < -0.3 is 0 Å². The Hall–Kier alpha value is 1.69. The third kappa shape index (κ3) is 3.87. The van der Waals surface area contributed by atoms with Gasteiger partial charge in [-0.25, -0.2) is 0 Å². The minimum atomic E-state index is 0.0389. The van der Waals surface area contributed by atoms with E-state index in [1.807, 2.05) is 0 Å². The maximum absolute atomic E-state index is 6.18. The molecule has 124 valence electrons. The van der Waals surface area contributed by atoms with E-state index < -0.39 is 0 Å². The lowest BCUT2D eigenvalue weighted by Gasteiger charge is -2.15. The molecule has 23 heavy (non-hydrogen) atoms. The molecule has 0 amide bonds. The van der Waals surface area contributed by atoms with Gasteiger partial charge >= 0.3 is 0 Å². The number of rotatable bonds is 2. The smallest absolute Gasteiger partial charge is 0.0809 e. The highest BCUT2D eigenvalue weighted by molar-refractivity contribution is 7.99. The van der Waals surface area contributed by atoms with E-state index in [-0.39, 0.29) is 50.2 Å². The zero-order valence-corrected chi connectivity index (χ0v) is 18.6. The molecule has 0 spiro atoms. The van der Waals surface area contributed by atoms with Crippen molar-refractivity contribution >= 4 is 128 Å². The molecule has 0 aliphatic heterocycles. The van der Waals surface area contributed by atoms with Gasteiger partial charge in [-0.05, 0) is 0 Å². The molecular formula is C12Cl10S. The highest BCUT2D eigenvalue weighted by atomic mass is 35.5. The molecule has 0 saturated heterocycles. The molecule has 0 aliphatic rings. The quantitative estimate of drug-likeness (QED) is 0.275. The fourth-order valence-electron chi connectivity index (χ4n) is 1.45. The Morgan fingerprint density at radius 2 is 0.478 bits per heavy atom. The molecule has 0 radical (unpaired) electrons. The van der Waals surface area contributed by atoms with Crippen molar-refractivity contribution in [3.63, 3.8) is 0 Å². The summed E-state index contributed by atoms with van der Waals surface area (Å²) in [6.45, 7) is 0. The van der Waals surface area contributed by atoms with Gasteiger partial charge in [-0.15, -0.1) is 0 Å². The Balaban J connectivity index is 2.71. The van der Waals surface area contributed by atoms with Gasteiger partial charge in [0.15, 0.2) is 0 Å². The van der Waals surface area contributed by atoms with Crippen LogP contribution < -0.4 is 0 Å². The molecule has 0 saturated carbocycles. The first kappa shape index (κ1) is 21.0. The maximum atomic E-state index is 6.18. The van der Waals surface area contributed by atoms with Crippen molar-refractivity contribution in [2.24, 2.45) is 0 Å². The molecular weight excluding hydrogens is 531 g/mol. The summed E-state index contributed by atoms with van der Waals surface area (Å²) >= 11 is 61.7. The average molecular weight is 531 g/mol. The van der Waals surface area contributed by atoms with Crippen LogP contribution in [0.4, 0.5) is 0 Å². The molecule has 11 heteroatoms. The predicted molar refractivity (Wildman–Crippen MR) is 107 cm³/mol. The van der Waals surface area contributed by atoms with Gasteiger partial charge in [0.2, 0.25) is 0 Å². The molecule has 0 aromatic heterocycles. The molecule has 0 N–H and O–H groups in total. The van der Waals surface area contributed by atoms with Crippen LogP contribution in [0.25, 0.3) is 0 Å². The molecule has 0 heterocycles. The number of hydrogen-bond donors (Lipinski definition) is 0. The van der Waals surface area contributed by atoms with Gasteiger partial charge in [0.25, 0.3) is 0 Å². The summed E-state index contributed by atoms with van der Waals surface area (Å²) in [7, 11) is 0. The third-order valence-electron chi connectivity index (χ3n) is 2.54. The molecule has 2 rings (SSSR count). The van der Waals surface area contributed by atoms with Crippen molar-refractivity contribution in [2.45, 2.75) is 9.79 Å². The van der Waals surface area contributed by atoms with Crippen LogP contribution in [0.5, 0.6) is 0 Å². The fourth-order valence-corrected chi connectivity index (χ4v) is 5.39. The Morgan fingerprint density at radius 1 is 0.304 bits per heavy atom. The van der Waals surface area contributed by atoms with Crippen molar-refractivity contribution in [2.75, 3.05) is 0 Å². The van der Waals surface area contributed by atoms with E-state index in [4.69, 9.17) is 116 Å². The molecule has 0 aliphatic carbocycles. The van der Waals surface area contributed by atoms with E-state index in [0.717, 1.165) is 11.8 Å². The van der Waals surface area contributed by atoms with Crippen LogP contribution in [0, 0.1) is 0 Å². The van der Waals surface area contributed by atoms with E-state index in [1.54, 1.807) is 0 Å². The van der Waals surface area contributed by atoms with Crippen molar-refractivity contribution in [3.05, 3.63) is 50.2 Å². The van der Waals surface area contributed by atoms with E-state index in [9.17, 15) is 0 Å². The van der Waals surface area contributed by atoms with E-state index in [1.165, 1.54) is 0 Å². The summed E-state index contributed by atoms with van der Waals surface area (Å²) in [5.41, 5.74) is 0. The summed E-state index contributed by atoms with van der Waals surface area (Å²) in [6, 6.07) is 0. The minimum Gasteiger partial charge on any atom is -0.0836 e. The summed E-state index contributed by atoms with van der Waals surface area (Å²) in [5, 5.41) is 0.611. The second-order valence-electron chi connectivity index (χ2n) is 3.90. The first-order valence-electron chi connectivity index (χ1n) is 5.30. The highest BCUT2D eigenvalue weighted by Crippen LogP contribution is 2.54. The van der Waals surface area contributed by atoms with Gasteiger partial charge in [-0.1, -0.05) is 128 Å². The molecule has 0 unspecified atom stereocenters. The van der Waals surface area contributed by atoms with Crippen LogP contribution in [0.3, 0.4) is 0 Å². The first-order chi connectivity index (χ1) is 10.6. The summed E-state index contributed by atoms with van der Waals surface area (Å²) in [4.78, 5) is 0.594. The maximum Gasteiger partial charge on any atom is 0.0809 e. The number of hydrogen-bond acceptors (Lipinski definition) is 1. The monoisotopic (exact) mass is 526 g/mol. The zero-order chi connectivity index (χ0) is 17.6. The largest absolute Gasteiger partial charge is 0.0836 e. The van der Waals surface area contributed by atoms with Gasteiger partial charge in [-0.3, -0.25) is 0 Å². The first-order valence-corrected chi connectivity index (χ1v) is 9.89. The molecule has 2 aromatic carbocycles. The third-order valence-corrected chi connectivity index (χ3v) is 8.77. The molecule has 0 fully saturated rings. The topological polar surface area (TPSA) is 0 Å². The van der Waals surface area contributed by atoms with Crippen molar-refractivity contribution in [1.82, 2.24) is 0 Å². The molecule has 0 bridgehead atoms. The second-order valence-corrected chi connectivity index (χ2v) is 8.70. The Morgan fingerprint density at radius 3 is 0.696 bits per heavy atom. The number of halogens is 10. The van der Waals surface area contributed by atoms with Crippen LogP contribution in [-0.4, -0.2) is 0 Å². The van der Waals surface area contributed by atoms with Crippen molar-refractivity contribution in [1.29, 1.82) is 0 Å². The Kier molecular flexibility index (Phi) is 7.44. The van der Waals surface area contributed by atoms with Crippen molar-refractivity contribution < 1.29 is 0 Å². The van der Waals surface area contributed by atoms with Gasteiger partial charge in [0.1, 0.15) is 0 Å². The van der Waals surface area contributed by atoms with Crippen LogP contribution in [0.2, 0.25) is 50.2 Å². The van der Waals surface area contributed by atoms with E-state index >= 15 is 0 Å². The van der Waals surface area contributed by atoms with Gasteiger partial charge in [0, 0.05) is 0 Å².